The largest absolute Gasteiger partial charge is 0.375 e. The first-order valence-corrected chi connectivity index (χ1v) is 10.6. The summed E-state index contributed by atoms with van der Waals surface area (Å²) in [5, 5.41) is 10.9. The van der Waals surface area contributed by atoms with Gasteiger partial charge in [0.2, 0.25) is 0 Å². The molecule has 0 aromatic heterocycles. The molecule has 1 saturated heterocycles. The maximum Gasteiger partial charge on any atom is 0.0689 e. The van der Waals surface area contributed by atoms with Gasteiger partial charge in [0.05, 0.1) is 5.60 Å². The van der Waals surface area contributed by atoms with E-state index < -0.39 is 0 Å². The number of rotatable bonds is 8. The molecule has 2 saturated carbocycles. The third-order valence-electron chi connectivity index (χ3n) is 6.48. The van der Waals surface area contributed by atoms with E-state index in [-0.39, 0.29) is 5.60 Å². The van der Waals surface area contributed by atoms with Crippen LogP contribution in [0.4, 0.5) is 0 Å². The summed E-state index contributed by atoms with van der Waals surface area (Å²) in [5.74, 6) is 0.949. The highest BCUT2D eigenvalue weighted by molar-refractivity contribution is 5.76. The van der Waals surface area contributed by atoms with Crippen molar-refractivity contribution in [3.05, 3.63) is 35.1 Å². The van der Waals surface area contributed by atoms with Gasteiger partial charge in [0.1, 0.15) is 0 Å². The molecule has 27 heavy (non-hydrogen) atoms. The highest BCUT2D eigenvalue weighted by Crippen LogP contribution is 2.44. The molecule has 4 heteroatoms. The third-order valence-corrected chi connectivity index (χ3v) is 6.48. The zero-order chi connectivity index (χ0) is 19.1. The summed E-state index contributed by atoms with van der Waals surface area (Å²) >= 11 is 0. The Morgan fingerprint density at radius 3 is 2.81 bits per heavy atom. The summed E-state index contributed by atoms with van der Waals surface area (Å²) in [5.41, 5.74) is 3.78. The molecular formula is C23H35N3O. The van der Waals surface area contributed by atoms with E-state index in [9.17, 15) is 0 Å². The number of hydrogen-bond acceptors (Lipinski definition) is 4. The van der Waals surface area contributed by atoms with Crippen LogP contribution in [0, 0.1) is 17.2 Å². The van der Waals surface area contributed by atoms with E-state index in [1.807, 2.05) is 0 Å². The van der Waals surface area contributed by atoms with Crippen LogP contribution in [0.5, 0.6) is 0 Å². The van der Waals surface area contributed by atoms with Gasteiger partial charge in [-0.2, -0.15) is 0 Å². The molecule has 2 aliphatic carbocycles. The molecule has 0 radical (unpaired) electrons. The van der Waals surface area contributed by atoms with Crippen molar-refractivity contribution in [1.82, 2.24) is 5.32 Å². The van der Waals surface area contributed by atoms with Crippen molar-refractivity contribution in [3.63, 3.8) is 0 Å². The van der Waals surface area contributed by atoms with Crippen molar-refractivity contribution in [2.24, 2.45) is 16.8 Å². The Morgan fingerprint density at radius 2 is 2.19 bits per heavy atom. The molecule has 0 bridgehead atoms. The minimum atomic E-state index is 0.118. The Hall–Kier alpha value is -1.52. The zero-order valence-electron chi connectivity index (χ0n) is 16.8. The number of aliphatic imine (C=N–C) groups is 1. The molecule has 0 aromatic carbocycles. The number of nitrogens with zero attached hydrogens (tertiary/aromatic N) is 1. The van der Waals surface area contributed by atoms with Gasteiger partial charge in [0.25, 0.3) is 0 Å². The van der Waals surface area contributed by atoms with Gasteiger partial charge < -0.3 is 15.5 Å². The minimum absolute atomic E-state index is 0.118. The first-order chi connectivity index (χ1) is 13.2. The Kier molecular flexibility index (Phi) is 7.20. The van der Waals surface area contributed by atoms with E-state index in [0.717, 1.165) is 50.2 Å². The number of allylic oxidation sites excluding steroid dienone is 5. The average molecular weight is 370 g/mol. The van der Waals surface area contributed by atoms with Crippen LogP contribution < -0.4 is 5.32 Å². The maximum absolute atomic E-state index is 7.61. The molecule has 0 amide bonds. The number of hydrogen-bond donors (Lipinski definition) is 2. The Morgan fingerprint density at radius 1 is 1.37 bits per heavy atom. The van der Waals surface area contributed by atoms with Crippen molar-refractivity contribution < 1.29 is 4.74 Å². The van der Waals surface area contributed by atoms with Crippen LogP contribution in [0.2, 0.25) is 0 Å². The van der Waals surface area contributed by atoms with Crippen LogP contribution in [-0.4, -0.2) is 38.2 Å². The lowest BCUT2D eigenvalue weighted by Crippen LogP contribution is -2.37. The van der Waals surface area contributed by atoms with Crippen LogP contribution in [0.25, 0.3) is 0 Å². The minimum Gasteiger partial charge on any atom is -0.375 e. The fraction of sp³-hybridized carbons (Fsp3) is 0.652. The number of likely N-dealkylation sites (N-methyl/N-ethyl adjacent to an activating group) is 1. The van der Waals surface area contributed by atoms with Gasteiger partial charge in [0.15, 0.2) is 0 Å². The van der Waals surface area contributed by atoms with Crippen molar-refractivity contribution in [2.45, 2.75) is 63.9 Å². The molecule has 1 heterocycles. The first kappa shape index (κ1) is 20.2. The summed E-state index contributed by atoms with van der Waals surface area (Å²) in [7, 11) is 0. The summed E-state index contributed by atoms with van der Waals surface area (Å²) in [6, 6.07) is 0. The fourth-order valence-corrected chi connectivity index (χ4v) is 4.72. The molecule has 4 nitrogen and oxygen atoms in total. The standard InChI is InChI=1S/C23H35N3O/c1-3-26-17-18(16-24)14-20-7-6-19(20)8-9-22(25-2)21-10-13-27-23(15-21)11-4-5-12-23/h8-9,14,16,20-21,24,26H,2-7,10-13,15,17H2,1H3/b18-14+,19-8+,22-9-,24-16?. The van der Waals surface area contributed by atoms with E-state index >= 15 is 0 Å². The maximum atomic E-state index is 7.61. The van der Waals surface area contributed by atoms with Crippen LogP contribution in [0.3, 0.4) is 0 Å². The zero-order valence-corrected chi connectivity index (χ0v) is 16.8. The van der Waals surface area contributed by atoms with E-state index in [1.54, 1.807) is 0 Å². The van der Waals surface area contributed by atoms with Gasteiger partial charge in [-0.1, -0.05) is 37.5 Å². The topological polar surface area (TPSA) is 57.5 Å². The molecule has 2 atom stereocenters. The van der Waals surface area contributed by atoms with Gasteiger partial charge in [-0.3, -0.25) is 4.99 Å². The van der Waals surface area contributed by atoms with Crippen LogP contribution in [0.15, 0.2) is 40.1 Å². The van der Waals surface area contributed by atoms with Gasteiger partial charge >= 0.3 is 0 Å². The highest BCUT2D eigenvalue weighted by atomic mass is 16.5. The number of ether oxygens (including phenoxy) is 1. The Labute approximate surface area is 164 Å². The third kappa shape index (κ3) is 5.05. The van der Waals surface area contributed by atoms with E-state index in [0.29, 0.717) is 11.8 Å². The van der Waals surface area contributed by atoms with E-state index in [4.69, 9.17) is 10.1 Å². The van der Waals surface area contributed by atoms with Crippen molar-refractivity contribution in [2.75, 3.05) is 19.7 Å². The summed E-state index contributed by atoms with van der Waals surface area (Å²) < 4.78 is 6.17. The molecule has 148 valence electrons. The van der Waals surface area contributed by atoms with Gasteiger partial charge in [-0.15, -0.1) is 0 Å². The van der Waals surface area contributed by atoms with Crippen LogP contribution in [-0.2, 0) is 4.74 Å². The van der Waals surface area contributed by atoms with Crippen LogP contribution >= 0.6 is 0 Å². The molecule has 2 N–H and O–H groups in total. The molecule has 3 rings (SSSR count). The summed E-state index contributed by atoms with van der Waals surface area (Å²) in [6.07, 6.45) is 17.7. The molecule has 2 unspecified atom stereocenters. The predicted molar refractivity (Wildman–Crippen MR) is 114 cm³/mol. The van der Waals surface area contributed by atoms with Crippen molar-refractivity contribution in [3.8, 4) is 0 Å². The van der Waals surface area contributed by atoms with Gasteiger partial charge in [-0.25, -0.2) is 0 Å². The number of nitrogens with one attached hydrogen (secondary N) is 2. The monoisotopic (exact) mass is 369 g/mol. The predicted octanol–water partition coefficient (Wildman–Crippen LogP) is 4.83. The van der Waals surface area contributed by atoms with Crippen molar-refractivity contribution >= 4 is 12.9 Å². The molecule has 3 fully saturated rings. The van der Waals surface area contributed by atoms with Gasteiger partial charge in [0, 0.05) is 31.0 Å². The highest BCUT2D eigenvalue weighted by Gasteiger charge is 2.40. The Balaban J connectivity index is 1.66. The Bertz CT molecular complexity index is 626. The van der Waals surface area contributed by atoms with Gasteiger partial charge in [-0.05, 0) is 69.4 Å². The molecule has 3 aliphatic rings. The van der Waals surface area contributed by atoms with E-state index in [2.05, 4.69) is 42.2 Å². The van der Waals surface area contributed by atoms with Crippen molar-refractivity contribution in [1.29, 1.82) is 5.41 Å². The SMILES string of the molecule is C=N/C(=C\C=C1/CCC1/C=C(\C=N)CNCC)C1CCOC2(CCCC2)C1. The first-order valence-electron chi connectivity index (χ1n) is 10.6. The molecular weight excluding hydrogens is 334 g/mol. The summed E-state index contributed by atoms with van der Waals surface area (Å²) in [4.78, 5) is 4.39. The average Bonchev–Trinajstić information content (AvgIpc) is 3.12. The second-order valence-electron chi connectivity index (χ2n) is 8.23. The normalized spacial score (nSPS) is 29.7. The lowest BCUT2D eigenvalue weighted by Gasteiger charge is -2.38. The molecule has 1 spiro atoms. The second kappa shape index (κ2) is 9.61. The summed E-state index contributed by atoms with van der Waals surface area (Å²) in [6.45, 7) is 8.51. The molecule has 1 aliphatic heterocycles. The lowest BCUT2D eigenvalue weighted by molar-refractivity contribution is -0.0870. The quantitative estimate of drug-likeness (QED) is 0.602. The van der Waals surface area contributed by atoms with Crippen LogP contribution in [0.1, 0.15) is 58.3 Å². The molecule has 0 aromatic rings. The second-order valence-corrected chi connectivity index (χ2v) is 8.23. The van der Waals surface area contributed by atoms with E-state index in [1.165, 1.54) is 43.9 Å². The fourth-order valence-electron chi connectivity index (χ4n) is 4.72. The lowest BCUT2D eigenvalue weighted by atomic mass is 9.77. The smallest absolute Gasteiger partial charge is 0.0689 e.